The van der Waals surface area contributed by atoms with Crippen LogP contribution >= 0.6 is 11.3 Å². The van der Waals surface area contributed by atoms with Gasteiger partial charge in [0.15, 0.2) is 0 Å². The predicted octanol–water partition coefficient (Wildman–Crippen LogP) is 24.3. The number of aromatic nitrogens is 2. The monoisotopic (exact) mass is 1310 g/mol. The Labute approximate surface area is 595 Å². The van der Waals surface area contributed by atoms with E-state index in [0.29, 0.717) is 0 Å². The maximum Gasteiger partial charge on any atom is 0.252 e. The quantitative estimate of drug-likeness (QED) is 0.127. The smallest absolute Gasteiger partial charge is 0.252 e. The van der Waals surface area contributed by atoms with E-state index < -0.39 is 0 Å². The van der Waals surface area contributed by atoms with Gasteiger partial charge in [0.2, 0.25) is 0 Å². The van der Waals surface area contributed by atoms with Gasteiger partial charge in [-0.3, -0.25) is 0 Å². The van der Waals surface area contributed by atoms with Crippen LogP contribution in [0.4, 0.5) is 34.1 Å². The lowest BCUT2D eigenvalue weighted by Gasteiger charge is -2.46. The molecular weight excluding hydrogens is 1250 g/mol. The highest BCUT2D eigenvalue weighted by atomic mass is 32.1. The fourth-order valence-electron chi connectivity index (χ4n) is 17.0. The number of hydrogen-bond acceptors (Lipinski definition) is 3. The normalized spacial score (nSPS) is 12.5. The van der Waals surface area contributed by atoms with Crippen LogP contribution in [0.15, 0.2) is 370 Å². The van der Waals surface area contributed by atoms with Gasteiger partial charge in [-0.15, -0.1) is 11.3 Å². The van der Waals surface area contributed by atoms with Crippen molar-refractivity contribution in [1.29, 1.82) is 0 Å². The average Bonchev–Trinajstić information content (AvgIpc) is 1.25. The van der Waals surface area contributed by atoms with E-state index in [1.165, 1.54) is 97.1 Å². The second kappa shape index (κ2) is 23.3. The fraction of sp³-hybridized carbons (Fsp3) is 0. The molecule has 0 atom stereocenters. The topological polar surface area (TPSA) is 16.3 Å². The van der Waals surface area contributed by atoms with Crippen molar-refractivity contribution in [2.75, 3.05) is 9.80 Å². The van der Waals surface area contributed by atoms with Gasteiger partial charge in [0.05, 0.1) is 43.8 Å². The van der Waals surface area contributed by atoms with Gasteiger partial charge < -0.3 is 18.9 Å². The molecule has 6 heteroatoms. The molecule has 2 aliphatic heterocycles. The van der Waals surface area contributed by atoms with Crippen molar-refractivity contribution < 1.29 is 0 Å². The van der Waals surface area contributed by atoms with Crippen LogP contribution in [0.5, 0.6) is 0 Å². The number of benzene rings is 16. The van der Waals surface area contributed by atoms with E-state index in [4.69, 9.17) is 0 Å². The number of thiophene rings is 1. The molecule has 0 saturated carbocycles. The molecule has 5 heterocycles. The zero-order valence-corrected chi connectivity index (χ0v) is 56.3. The van der Waals surface area contributed by atoms with E-state index in [1.807, 2.05) is 11.3 Å². The number of anilines is 6. The molecule has 19 aromatic rings. The van der Waals surface area contributed by atoms with Crippen LogP contribution in [-0.2, 0) is 0 Å². The summed E-state index contributed by atoms with van der Waals surface area (Å²) >= 11 is 1.92. The Morgan fingerprint density at radius 1 is 0.225 bits per heavy atom. The fourth-order valence-corrected chi connectivity index (χ4v) is 18.3. The standard InChI is InChI=1S/C96H61BN4S/c1-6-26-62(27-7-1)64-48-52-68(53-49-64)74-42-24-40-72(66-30-10-3-11-31-66)93(74)100-87-57-56-71(99-84-44-20-16-36-76(84)77-37-17-21-45-85(77)99)58-82(87)97-83-61-88-80(78-38-18-22-46-86(78)98(88)70-34-14-5-15-35-70)59-89(83)101(95-92(97)90(100)60-81-79-39-19-23-47-91(79)102-96(81)95)94-73(67-32-12-4-13-33-67)41-25-43-75(94)69-54-50-65(51-55-69)63-28-8-2-9-29-63/h1-61H. The first kappa shape index (κ1) is 58.0. The minimum absolute atomic E-state index is 0.309. The van der Waals surface area contributed by atoms with E-state index in [-0.39, 0.29) is 6.71 Å². The molecule has 2 aliphatic rings. The second-order valence-electron chi connectivity index (χ2n) is 27.0. The first-order chi connectivity index (χ1) is 50.6. The maximum absolute atomic E-state index is 2.76. The first-order valence-corrected chi connectivity index (χ1v) is 36.0. The van der Waals surface area contributed by atoms with E-state index in [0.717, 1.165) is 95.4 Å². The lowest BCUT2D eigenvalue weighted by atomic mass is 9.33. The summed E-state index contributed by atoms with van der Waals surface area (Å²) in [5.74, 6) is 0. The lowest BCUT2D eigenvalue weighted by Crippen LogP contribution is -2.61. The van der Waals surface area contributed by atoms with Crippen LogP contribution < -0.4 is 26.2 Å². The third kappa shape index (κ3) is 8.96. The summed E-state index contributed by atoms with van der Waals surface area (Å²) in [7, 11) is 0. The maximum atomic E-state index is 2.76. The van der Waals surface area contributed by atoms with E-state index in [9.17, 15) is 0 Å². The molecule has 0 N–H and O–H groups in total. The molecular formula is C96H61BN4S. The third-order valence-electron chi connectivity index (χ3n) is 21.5. The predicted molar refractivity (Wildman–Crippen MR) is 435 cm³/mol. The van der Waals surface area contributed by atoms with Crippen molar-refractivity contribution in [2.45, 2.75) is 0 Å². The molecule has 0 aliphatic carbocycles. The number of hydrogen-bond donors (Lipinski definition) is 0. The Morgan fingerprint density at radius 3 is 1.15 bits per heavy atom. The average molecular weight is 1310 g/mol. The van der Waals surface area contributed by atoms with Gasteiger partial charge in [0, 0.05) is 87.7 Å². The molecule has 102 heavy (non-hydrogen) atoms. The van der Waals surface area contributed by atoms with Gasteiger partial charge in [-0.05, 0) is 134 Å². The van der Waals surface area contributed by atoms with Gasteiger partial charge in [-0.1, -0.05) is 297 Å². The molecule has 0 bridgehead atoms. The summed E-state index contributed by atoms with van der Waals surface area (Å²) < 4.78 is 7.50. The van der Waals surface area contributed by atoms with E-state index in [2.05, 4.69) is 389 Å². The van der Waals surface area contributed by atoms with Gasteiger partial charge in [0.25, 0.3) is 6.71 Å². The lowest BCUT2D eigenvalue weighted by molar-refractivity contribution is 1.18. The van der Waals surface area contributed by atoms with Crippen molar-refractivity contribution in [1.82, 2.24) is 9.13 Å². The third-order valence-corrected chi connectivity index (χ3v) is 22.7. The van der Waals surface area contributed by atoms with Gasteiger partial charge in [-0.2, -0.15) is 0 Å². The molecule has 474 valence electrons. The Morgan fingerprint density at radius 2 is 0.618 bits per heavy atom. The van der Waals surface area contributed by atoms with Crippen LogP contribution in [0, 0.1) is 0 Å². The Hall–Kier alpha value is -13.0. The summed E-state index contributed by atoms with van der Waals surface area (Å²) in [6.45, 7) is -0.309. The first-order valence-electron chi connectivity index (χ1n) is 35.2. The van der Waals surface area contributed by atoms with Crippen LogP contribution in [-0.4, -0.2) is 15.8 Å². The number of rotatable bonds is 10. The van der Waals surface area contributed by atoms with Crippen molar-refractivity contribution in [3.63, 3.8) is 0 Å². The van der Waals surface area contributed by atoms with E-state index in [1.54, 1.807) is 0 Å². The molecule has 16 aromatic carbocycles. The molecule has 0 spiro atoms. The van der Waals surface area contributed by atoms with Gasteiger partial charge in [0.1, 0.15) is 0 Å². The van der Waals surface area contributed by atoms with Crippen LogP contribution in [0.25, 0.3) is 142 Å². The Balaban J connectivity index is 0.951. The largest absolute Gasteiger partial charge is 0.310 e. The molecule has 0 unspecified atom stereocenters. The Kier molecular flexibility index (Phi) is 13.3. The highest BCUT2D eigenvalue weighted by Crippen LogP contribution is 2.57. The summed E-state index contributed by atoms with van der Waals surface area (Å²) in [5.41, 5.74) is 31.2. The summed E-state index contributed by atoms with van der Waals surface area (Å²) in [6.07, 6.45) is 0. The minimum atomic E-state index is -0.309. The van der Waals surface area contributed by atoms with Crippen molar-refractivity contribution >= 4 is 132 Å². The molecule has 0 fully saturated rings. The van der Waals surface area contributed by atoms with Gasteiger partial charge >= 0.3 is 0 Å². The van der Waals surface area contributed by atoms with Crippen molar-refractivity contribution in [3.8, 4) is 78.1 Å². The number of fused-ring (bicyclic) bond motifs is 14. The molecule has 21 rings (SSSR count). The van der Waals surface area contributed by atoms with Crippen molar-refractivity contribution in [3.05, 3.63) is 370 Å². The highest BCUT2D eigenvalue weighted by molar-refractivity contribution is 7.26. The van der Waals surface area contributed by atoms with Gasteiger partial charge in [-0.25, -0.2) is 0 Å². The van der Waals surface area contributed by atoms with Crippen LogP contribution in [0.1, 0.15) is 0 Å². The zero-order chi connectivity index (χ0) is 66.9. The summed E-state index contributed by atoms with van der Waals surface area (Å²) in [6, 6.07) is 138. The molecule has 4 nitrogen and oxygen atoms in total. The number of nitrogens with zero attached hydrogens (tertiary/aromatic N) is 4. The molecule has 0 amide bonds. The second-order valence-corrected chi connectivity index (χ2v) is 28.0. The summed E-state index contributed by atoms with van der Waals surface area (Å²) in [4.78, 5) is 5.45. The highest BCUT2D eigenvalue weighted by Gasteiger charge is 2.47. The van der Waals surface area contributed by atoms with Crippen molar-refractivity contribution in [2.24, 2.45) is 0 Å². The van der Waals surface area contributed by atoms with Crippen LogP contribution in [0.3, 0.4) is 0 Å². The SMILES string of the molecule is c1ccc(-c2ccc(-c3cccc(-c4ccccc4)c3N3c4ccc(-n5c6ccccc6c6ccccc65)cc4B4c5cc6c(cc5N(c5c(-c7ccccc7)cccc5-c5ccc(-c7ccccc7)cc5)c5c4c3cc3c5sc4ccccc43)c3ccccc3n6-c3ccccc3)cc2)cc1. The summed E-state index contributed by atoms with van der Waals surface area (Å²) in [5, 5.41) is 7.28. The number of para-hydroxylation sites is 6. The van der Waals surface area contributed by atoms with Crippen LogP contribution in [0.2, 0.25) is 0 Å². The van der Waals surface area contributed by atoms with E-state index >= 15 is 0 Å². The molecule has 0 saturated heterocycles. The Bertz CT molecular complexity index is 6490. The zero-order valence-electron chi connectivity index (χ0n) is 55.5. The minimum Gasteiger partial charge on any atom is -0.310 e. The molecule has 0 radical (unpaired) electrons. The molecule has 3 aromatic heterocycles.